The zero-order valence-electron chi connectivity index (χ0n) is 11.6. The van der Waals surface area contributed by atoms with Crippen molar-refractivity contribution in [3.05, 3.63) is 39.0 Å². The Kier molecular flexibility index (Phi) is 2.49. The lowest BCUT2D eigenvalue weighted by Crippen LogP contribution is -2.02. The normalized spacial score (nSPS) is 19.3. The van der Waals surface area contributed by atoms with Gasteiger partial charge in [-0.15, -0.1) is 0 Å². The van der Waals surface area contributed by atoms with E-state index >= 15 is 0 Å². The van der Waals surface area contributed by atoms with Crippen molar-refractivity contribution in [3.63, 3.8) is 0 Å². The summed E-state index contributed by atoms with van der Waals surface area (Å²) < 4.78 is 0. The molecule has 0 heterocycles. The summed E-state index contributed by atoms with van der Waals surface area (Å²) in [4.78, 5) is 0. The zero-order valence-corrected chi connectivity index (χ0v) is 11.6. The second kappa shape index (κ2) is 3.48. The van der Waals surface area contributed by atoms with E-state index in [0.717, 1.165) is 0 Å². The highest BCUT2D eigenvalue weighted by atomic mass is 14.3. The molecule has 0 aliphatic heterocycles. The van der Waals surface area contributed by atoms with Crippen molar-refractivity contribution in [3.8, 4) is 0 Å². The summed E-state index contributed by atoms with van der Waals surface area (Å²) in [6, 6.07) is 0. The van der Waals surface area contributed by atoms with Crippen molar-refractivity contribution in [2.24, 2.45) is 0 Å². The van der Waals surface area contributed by atoms with Crippen LogP contribution in [0.25, 0.3) is 5.57 Å². The SMILES string of the molecule is CC1=C(C)[C@H](C)c2c(C)c(C)c(C)c(C)c21. The third-order valence-corrected chi connectivity index (χ3v) is 4.78. The van der Waals surface area contributed by atoms with Crippen LogP contribution in [0.3, 0.4) is 0 Å². The van der Waals surface area contributed by atoms with Crippen molar-refractivity contribution in [1.82, 2.24) is 0 Å². The molecule has 1 aliphatic carbocycles. The molecule has 1 aromatic carbocycles. The van der Waals surface area contributed by atoms with Crippen molar-refractivity contribution in [2.75, 3.05) is 0 Å². The van der Waals surface area contributed by atoms with Gasteiger partial charge in [0.2, 0.25) is 0 Å². The van der Waals surface area contributed by atoms with Crippen LogP contribution in [0.4, 0.5) is 0 Å². The van der Waals surface area contributed by atoms with E-state index in [4.69, 9.17) is 0 Å². The highest BCUT2D eigenvalue weighted by Gasteiger charge is 2.27. The van der Waals surface area contributed by atoms with E-state index in [0.29, 0.717) is 5.92 Å². The molecule has 1 aliphatic rings. The average Bonchev–Trinajstić information content (AvgIpc) is 2.48. The Balaban J connectivity index is 2.89. The summed E-state index contributed by atoms with van der Waals surface area (Å²) in [5.74, 6) is 0.605. The molecule has 0 heteroatoms. The van der Waals surface area contributed by atoms with Gasteiger partial charge in [0, 0.05) is 5.92 Å². The van der Waals surface area contributed by atoms with Gasteiger partial charge < -0.3 is 0 Å². The smallest absolute Gasteiger partial charge is 0.00318 e. The van der Waals surface area contributed by atoms with Crippen LogP contribution in [0.2, 0.25) is 0 Å². The standard InChI is InChI=1S/C16H22/c1-8-9(2)12(5)16-14(7)10(3)13(6)15(16)11(8)4/h13H,1-7H3/t13-/m0/s1. The Morgan fingerprint density at radius 2 is 1.19 bits per heavy atom. The van der Waals surface area contributed by atoms with E-state index in [1.165, 1.54) is 33.4 Å². The molecule has 0 bridgehead atoms. The van der Waals surface area contributed by atoms with Gasteiger partial charge in [0.25, 0.3) is 0 Å². The summed E-state index contributed by atoms with van der Waals surface area (Å²) in [5.41, 5.74) is 12.1. The van der Waals surface area contributed by atoms with Crippen LogP contribution in [-0.2, 0) is 0 Å². The summed E-state index contributed by atoms with van der Waals surface area (Å²) in [5, 5.41) is 0. The molecule has 0 saturated heterocycles. The molecule has 0 radical (unpaired) electrons. The first-order chi connectivity index (χ1) is 7.37. The summed E-state index contributed by atoms with van der Waals surface area (Å²) in [7, 11) is 0. The van der Waals surface area contributed by atoms with Gasteiger partial charge in [0.05, 0.1) is 0 Å². The van der Waals surface area contributed by atoms with Gasteiger partial charge in [0.15, 0.2) is 0 Å². The van der Waals surface area contributed by atoms with Crippen LogP contribution in [0.1, 0.15) is 60.1 Å². The Morgan fingerprint density at radius 3 is 1.75 bits per heavy atom. The third-order valence-electron chi connectivity index (χ3n) is 4.78. The van der Waals surface area contributed by atoms with Crippen LogP contribution in [0.15, 0.2) is 5.57 Å². The molecule has 1 atom stereocenters. The van der Waals surface area contributed by atoms with Gasteiger partial charge in [-0.05, 0) is 80.5 Å². The molecule has 0 saturated carbocycles. The number of hydrogen-bond acceptors (Lipinski definition) is 0. The van der Waals surface area contributed by atoms with Gasteiger partial charge in [-0.2, -0.15) is 0 Å². The molecule has 0 fully saturated rings. The third kappa shape index (κ3) is 1.22. The van der Waals surface area contributed by atoms with E-state index < -0.39 is 0 Å². The van der Waals surface area contributed by atoms with E-state index in [1.807, 2.05) is 0 Å². The van der Waals surface area contributed by atoms with Gasteiger partial charge in [0.1, 0.15) is 0 Å². The van der Waals surface area contributed by atoms with E-state index in [2.05, 4.69) is 48.5 Å². The molecule has 0 spiro atoms. The molecule has 0 amide bonds. The van der Waals surface area contributed by atoms with Crippen molar-refractivity contribution < 1.29 is 0 Å². The van der Waals surface area contributed by atoms with Crippen LogP contribution in [0, 0.1) is 27.7 Å². The summed E-state index contributed by atoms with van der Waals surface area (Å²) >= 11 is 0. The Hall–Kier alpha value is -1.04. The summed E-state index contributed by atoms with van der Waals surface area (Å²) in [6.07, 6.45) is 0. The fraction of sp³-hybridized carbons (Fsp3) is 0.500. The van der Waals surface area contributed by atoms with Gasteiger partial charge in [-0.3, -0.25) is 0 Å². The first kappa shape index (κ1) is 11.4. The number of rotatable bonds is 0. The number of benzene rings is 1. The van der Waals surface area contributed by atoms with E-state index in [1.54, 1.807) is 11.1 Å². The molecular weight excluding hydrogens is 192 g/mol. The molecule has 0 N–H and O–H groups in total. The van der Waals surface area contributed by atoms with E-state index in [-0.39, 0.29) is 0 Å². The molecule has 16 heavy (non-hydrogen) atoms. The lowest BCUT2D eigenvalue weighted by atomic mass is 9.86. The minimum atomic E-state index is 0.605. The second-order valence-corrected chi connectivity index (χ2v) is 5.32. The Morgan fingerprint density at radius 1 is 0.688 bits per heavy atom. The maximum atomic E-state index is 2.34. The molecule has 86 valence electrons. The quantitative estimate of drug-likeness (QED) is 0.580. The monoisotopic (exact) mass is 214 g/mol. The number of allylic oxidation sites excluding steroid dienone is 2. The Labute approximate surface area is 99.4 Å². The van der Waals surface area contributed by atoms with Gasteiger partial charge >= 0.3 is 0 Å². The lowest BCUT2D eigenvalue weighted by Gasteiger charge is -2.19. The lowest BCUT2D eigenvalue weighted by molar-refractivity contribution is 0.901. The maximum Gasteiger partial charge on any atom is 0.00318 e. The topological polar surface area (TPSA) is 0 Å². The predicted molar refractivity (Wildman–Crippen MR) is 72.1 cm³/mol. The van der Waals surface area contributed by atoms with Crippen molar-refractivity contribution >= 4 is 5.57 Å². The van der Waals surface area contributed by atoms with Gasteiger partial charge in [-0.25, -0.2) is 0 Å². The van der Waals surface area contributed by atoms with Crippen LogP contribution in [0.5, 0.6) is 0 Å². The van der Waals surface area contributed by atoms with E-state index in [9.17, 15) is 0 Å². The zero-order chi connectivity index (χ0) is 12.2. The molecule has 0 nitrogen and oxygen atoms in total. The highest BCUT2D eigenvalue weighted by Crippen LogP contribution is 2.46. The average molecular weight is 214 g/mol. The van der Waals surface area contributed by atoms with Crippen LogP contribution in [-0.4, -0.2) is 0 Å². The first-order valence-corrected chi connectivity index (χ1v) is 6.15. The fourth-order valence-corrected chi connectivity index (χ4v) is 3.10. The largest absolute Gasteiger partial charge is 0.0625 e. The van der Waals surface area contributed by atoms with Crippen molar-refractivity contribution in [1.29, 1.82) is 0 Å². The number of fused-ring (bicyclic) bond motifs is 1. The van der Waals surface area contributed by atoms with Gasteiger partial charge in [-0.1, -0.05) is 12.5 Å². The number of hydrogen-bond donors (Lipinski definition) is 0. The minimum Gasteiger partial charge on any atom is -0.0625 e. The van der Waals surface area contributed by atoms with Crippen molar-refractivity contribution in [2.45, 2.75) is 54.4 Å². The first-order valence-electron chi connectivity index (χ1n) is 6.15. The Bertz CT molecular complexity index is 502. The maximum absolute atomic E-state index is 2.34. The minimum absolute atomic E-state index is 0.605. The molecule has 0 unspecified atom stereocenters. The summed E-state index contributed by atoms with van der Waals surface area (Å²) in [6.45, 7) is 16.0. The molecular formula is C16H22. The molecule has 0 aromatic heterocycles. The fourth-order valence-electron chi connectivity index (χ4n) is 3.10. The highest BCUT2D eigenvalue weighted by molar-refractivity contribution is 5.81. The predicted octanol–water partition coefficient (Wildman–Crippen LogP) is 4.83. The van der Waals surface area contributed by atoms with Crippen LogP contribution >= 0.6 is 0 Å². The molecule has 1 aromatic rings. The second-order valence-electron chi connectivity index (χ2n) is 5.32. The molecule has 2 rings (SSSR count). The van der Waals surface area contributed by atoms with Crippen LogP contribution < -0.4 is 0 Å².